The summed E-state index contributed by atoms with van der Waals surface area (Å²) in [5.74, 6) is -1.82. The van der Waals surface area contributed by atoms with Crippen LogP contribution in [-0.2, 0) is 6.61 Å². The molecule has 0 fully saturated rings. The van der Waals surface area contributed by atoms with Crippen LogP contribution in [0.5, 0.6) is 5.75 Å². The van der Waals surface area contributed by atoms with Crippen LogP contribution in [-0.4, -0.2) is 16.1 Å². The monoisotopic (exact) mass is 297 g/mol. The van der Waals surface area contributed by atoms with Gasteiger partial charge in [-0.25, -0.2) is 9.18 Å². The largest absolute Gasteiger partial charge is 0.486 e. The Morgan fingerprint density at radius 1 is 1.18 bits per heavy atom. The second-order valence-electron chi connectivity index (χ2n) is 4.76. The summed E-state index contributed by atoms with van der Waals surface area (Å²) in [6.07, 6.45) is 3.39. The third kappa shape index (κ3) is 2.74. The predicted molar refractivity (Wildman–Crippen MR) is 79.4 cm³/mol. The number of hydrogen-bond acceptors (Lipinski definition) is 3. The number of rotatable bonds is 4. The maximum absolute atomic E-state index is 13.7. The Kier molecular flexibility index (Phi) is 3.70. The normalized spacial score (nSPS) is 10.6. The molecule has 0 spiro atoms. The molecule has 0 saturated carbocycles. The molecule has 0 aliphatic heterocycles. The van der Waals surface area contributed by atoms with Gasteiger partial charge in [0.1, 0.15) is 6.61 Å². The van der Waals surface area contributed by atoms with Crippen LogP contribution in [0.3, 0.4) is 0 Å². The highest BCUT2D eigenvalue weighted by atomic mass is 19.1. The standard InChI is InChI=1S/C17H12FNO3/c18-15-6-5-11(17(20)21)7-16(15)22-10-13-9-19-8-12-3-1-2-4-14(12)13/h1-9H,10H2,(H,20,21). The third-order valence-corrected chi connectivity index (χ3v) is 3.31. The fourth-order valence-electron chi connectivity index (χ4n) is 2.20. The first-order chi connectivity index (χ1) is 10.6. The first-order valence-corrected chi connectivity index (χ1v) is 6.62. The SMILES string of the molecule is O=C(O)c1ccc(F)c(OCc2cncc3ccccc23)c1. The highest BCUT2D eigenvalue weighted by molar-refractivity contribution is 5.88. The lowest BCUT2D eigenvalue weighted by Crippen LogP contribution is -2.02. The Labute approximate surface area is 125 Å². The Morgan fingerprint density at radius 3 is 2.82 bits per heavy atom. The molecule has 1 N–H and O–H groups in total. The first-order valence-electron chi connectivity index (χ1n) is 6.62. The van der Waals surface area contributed by atoms with Crippen molar-refractivity contribution < 1.29 is 19.0 Å². The number of halogens is 1. The van der Waals surface area contributed by atoms with E-state index in [9.17, 15) is 9.18 Å². The zero-order valence-electron chi connectivity index (χ0n) is 11.5. The number of pyridine rings is 1. The molecule has 0 radical (unpaired) electrons. The molecule has 3 aromatic rings. The number of aromatic carboxylic acids is 1. The molecule has 0 aliphatic carbocycles. The van der Waals surface area contributed by atoms with E-state index in [-0.39, 0.29) is 17.9 Å². The van der Waals surface area contributed by atoms with E-state index in [1.54, 1.807) is 12.4 Å². The third-order valence-electron chi connectivity index (χ3n) is 3.31. The molecule has 5 heteroatoms. The molecule has 110 valence electrons. The van der Waals surface area contributed by atoms with Crippen molar-refractivity contribution in [2.24, 2.45) is 0 Å². The molecule has 0 bridgehead atoms. The minimum atomic E-state index is -1.13. The van der Waals surface area contributed by atoms with Gasteiger partial charge in [0.05, 0.1) is 5.56 Å². The maximum Gasteiger partial charge on any atom is 0.335 e. The summed E-state index contributed by atoms with van der Waals surface area (Å²) < 4.78 is 19.2. The first kappa shape index (κ1) is 14.0. The van der Waals surface area contributed by atoms with Gasteiger partial charge in [-0.1, -0.05) is 24.3 Å². The van der Waals surface area contributed by atoms with Crippen molar-refractivity contribution in [2.75, 3.05) is 0 Å². The van der Waals surface area contributed by atoms with E-state index in [0.717, 1.165) is 22.4 Å². The summed E-state index contributed by atoms with van der Waals surface area (Å²) in [4.78, 5) is 15.1. The number of carboxylic acid groups (broad SMARTS) is 1. The number of fused-ring (bicyclic) bond motifs is 1. The Bertz CT molecular complexity index is 843. The molecule has 2 aromatic carbocycles. The molecule has 3 rings (SSSR count). The van der Waals surface area contributed by atoms with Gasteiger partial charge in [-0.05, 0) is 23.6 Å². The number of benzene rings is 2. The van der Waals surface area contributed by atoms with E-state index in [2.05, 4.69) is 4.98 Å². The average molecular weight is 297 g/mol. The van der Waals surface area contributed by atoms with E-state index in [1.165, 1.54) is 12.1 Å². The van der Waals surface area contributed by atoms with Gasteiger partial charge in [-0.2, -0.15) is 0 Å². The molecule has 1 aromatic heterocycles. The van der Waals surface area contributed by atoms with Gasteiger partial charge in [0.15, 0.2) is 11.6 Å². The summed E-state index contributed by atoms with van der Waals surface area (Å²) in [7, 11) is 0. The van der Waals surface area contributed by atoms with Crippen LogP contribution in [0.4, 0.5) is 4.39 Å². The Balaban J connectivity index is 1.88. The van der Waals surface area contributed by atoms with Crippen LogP contribution >= 0.6 is 0 Å². The van der Waals surface area contributed by atoms with Crippen LogP contribution < -0.4 is 4.74 Å². The molecule has 0 unspecified atom stereocenters. The molecule has 0 amide bonds. The summed E-state index contributed by atoms with van der Waals surface area (Å²) >= 11 is 0. The summed E-state index contributed by atoms with van der Waals surface area (Å²) in [6.45, 7) is 0.106. The van der Waals surface area contributed by atoms with Gasteiger partial charge in [0.2, 0.25) is 0 Å². The summed E-state index contributed by atoms with van der Waals surface area (Å²) in [5.41, 5.74) is 0.783. The Hall–Kier alpha value is -2.95. The van der Waals surface area contributed by atoms with Crippen LogP contribution in [0, 0.1) is 5.82 Å². The van der Waals surface area contributed by atoms with E-state index in [0.29, 0.717) is 0 Å². The lowest BCUT2D eigenvalue weighted by molar-refractivity contribution is 0.0696. The van der Waals surface area contributed by atoms with Gasteiger partial charge in [-0.3, -0.25) is 4.98 Å². The van der Waals surface area contributed by atoms with Crippen molar-refractivity contribution in [2.45, 2.75) is 6.61 Å². The molecule has 1 heterocycles. The summed E-state index contributed by atoms with van der Waals surface area (Å²) in [5, 5.41) is 10.9. The minimum Gasteiger partial charge on any atom is -0.486 e. The fraction of sp³-hybridized carbons (Fsp3) is 0.0588. The number of hydrogen-bond donors (Lipinski definition) is 1. The smallest absolute Gasteiger partial charge is 0.335 e. The minimum absolute atomic E-state index is 0.0209. The zero-order valence-corrected chi connectivity index (χ0v) is 11.5. The van der Waals surface area contributed by atoms with Crippen molar-refractivity contribution in [3.8, 4) is 5.75 Å². The van der Waals surface area contributed by atoms with E-state index < -0.39 is 11.8 Å². The molecule has 0 saturated heterocycles. The van der Waals surface area contributed by atoms with E-state index in [1.807, 2.05) is 24.3 Å². The van der Waals surface area contributed by atoms with Gasteiger partial charge >= 0.3 is 5.97 Å². The predicted octanol–water partition coefficient (Wildman–Crippen LogP) is 3.65. The molecular weight excluding hydrogens is 285 g/mol. The second kappa shape index (κ2) is 5.81. The highest BCUT2D eigenvalue weighted by Crippen LogP contribution is 2.22. The van der Waals surface area contributed by atoms with Crippen LogP contribution in [0.2, 0.25) is 0 Å². The molecule has 4 nitrogen and oxygen atoms in total. The molecule has 0 aliphatic rings. The topological polar surface area (TPSA) is 59.4 Å². The van der Waals surface area contributed by atoms with Gasteiger partial charge in [0.25, 0.3) is 0 Å². The van der Waals surface area contributed by atoms with Crippen LogP contribution in [0.1, 0.15) is 15.9 Å². The van der Waals surface area contributed by atoms with Crippen LogP contribution in [0.25, 0.3) is 10.8 Å². The maximum atomic E-state index is 13.7. The zero-order chi connectivity index (χ0) is 15.5. The number of carbonyl (C=O) groups is 1. The number of aromatic nitrogens is 1. The number of ether oxygens (including phenoxy) is 1. The summed E-state index contributed by atoms with van der Waals surface area (Å²) in [6, 6.07) is 11.1. The average Bonchev–Trinajstić information content (AvgIpc) is 2.54. The molecule has 0 atom stereocenters. The van der Waals surface area contributed by atoms with E-state index in [4.69, 9.17) is 9.84 Å². The number of carboxylic acids is 1. The molecule has 22 heavy (non-hydrogen) atoms. The lowest BCUT2D eigenvalue weighted by Gasteiger charge is -2.10. The number of nitrogens with zero attached hydrogens (tertiary/aromatic N) is 1. The van der Waals surface area contributed by atoms with Gasteiger partial charge < -0.3 is 9.84 Å². The lowest BCUT2D eigenvalue weighted by atomic mass is 10.1. The van der Waals surface area contributed by atoms with Crippen molar-refractivity contribution in [3.05, 3.63) is 71.8 Å². The van der Waals surface area contributed by atoms with Crippen molar-refractivity contribution in [3.63, 3.8) is 0 Å². The van der Waals surface area contributed by atoms with Crippen molar-refractivity contribution in [1.29, 1.82) is 0 Å². The van der Waals surface area contributed by atoms with Gasteiger partial charge in [-0.15, -0.1) is 0 Å². The van der Waals surface area contributed by atoms with E-state index >= 15 is 0 Å². The highest BCUT2D eigenvalue weighted by Gasteiger charge is 2.10. The quantitative estimate of drug-likeness (QED) is 0.798. The van der Waals surface area contributed by atoms with Crippen LogP contribution in [0.15, 0.2) is 54.9 Å². The van der Waals surface area contributed by atoms with Gasteiger partial charge in [0, 0.05) is 23.3 Å². The fourth-order valence-corrected chi connectivity index (χ4v) is 2.20. The van der Waals surface area contributed by atoms with Crippen molar-refractivity contribution in [1.82, 2.24) is 4.98 Å². The molecular formula is C17H12FNO3. The Morgan fingerprint density at radius 2 is 2.00 bits per heavy atom. The van der Waals surface area contributed by atoms with Crippen molar-refractivity contribution >= 4 is 16.7 Å². The second-order valence-corrected chi connectivity index (χ2v) is 4.76.